The molecular weight excluding hydrogens is 294 g/mol. The summed E-state index contributed by atoms with van der Waals surface area (Å²) in [6.07, 6.45) is 0. The summed E-state index contributed by atoms with van der Waals surface area (Å²) in [6.45, 7) is 0. The zero-order valence-electron chi connectivity index (χ0n) is 5.41. The maximum absolute atomic E-state index is 10.1. The first-order chi connectivity index (χ1) is 4.37. The van der Waals surface area contributed by atoms with Gasteiger partial charge < -0.3 is 4.55 Å². The summed E-state index contributed by atoms with van der Waals surface area (Å²) < 4.78 is 27.8. The molecule has 54 valence electrons. The average molecular weight is 294 g/mol. The summed E-state index contributed by atoms with van der Waals surface area (Å²) in [7, 11) is -4.85. The van der Waals surface area contributed by atoms with Crippen LogP contribution in [0, 0.1) is 22.7 Å². The van der Waals surface area contributed by atoms with Crippen molar-refractivity contribution in [3.8, 4) is 12.1 Å². The molecule has 0 radical (unpaired) electrons. The van der Waals surface area contributed by atoms with Gasteiger partial charge in [0.05, 0.1) is 0 Å². The second-order valence-corrected chi connectivity index (χ2v) is 5.14. The molecule has 0 aromatic heterocycles. The summed E-state index contributed by atoms with van der Waals surface area (Å²) in [6, 6.07) is 2.19. The van der Waals surface area contributed by atoms with Gasteiger partial charge in [0, 0.05) is 0 Å². The molecule has 0 saturated heterocycles. The van der Waals surface area contributed by atoms with Crippen molar-refractivity contribution >= 4 is 32.7 Å². The van der Waals surface area contributed by atoms with Gasteiger partial charge in [-0.3, -0.25) is 0 Å². The Morgan fingerprint density at radius 3 is 1.64 bits per heavy atom. The fraction of sp³-hybridized carbons (Fsp3) is 0.333. The molecule has 0 rings (SSSR count). The van der Waals surface area contributed by atoms with E-state index >= 15 is 0 Å². The Labute approximate surface area is 99.6 Å². The van der Waals surface area contributed by atoms with Gasteiger partial charge in [-0.15, -0.1) is 0 Å². The third-order valence-corrected chi connectivity index (χ3v) is 3.60. The molecule has 0 N–H and O–H groups in total. The van der Waals surface area contributed by atoms with Gasteiger partial charge in [0.2, 0.25) is 0 Å². The van der Waals surface area contributed by atoms with Crippen molar-refractivity contribution in [1.29, 1.82) is 10.5 Å². The smallest absolute Gasteiger partial charge is 0.745 e. The number of halogens is 1. The molecule has 0 heterocycles. The Hall–Kier alpha value is 0.620. The first-order valence-electron chi connectivity index (χ1n) is 1.84. The van der Waals surface area contributed by atoms with Crippen LogP contribution in [0.1, 0.15) is 0 Å². The Morgan fingerprint density at radius 1 is 1.36 bits per heavy atom. The van der Waals surface area contributed by atoms with E-state index in [-0.39, 0.29) is 29.6 Å². The number of alkyl halides is 1. The molecule has 0 aliphatic rings. The Morgan fingerprint density at radius 2 is 1.64 bits per heavy atom. The van der Waals surface area contributed by atoms with Crippen molar-refractivity contribution in [2.75, 3.05) is 0 Å². The molecule has 0 saturated carbocycles. The predicted octanol–water partition coefficient (Wildman–Crippen LogP) is -3.29. The van der Waals surface area contributed by atoms with Gasteiger partial charge in [-0.25, -0.2) is 8.42 Å². The molecule has 0 aliphatic heterocycles. The quantitative estimate of drug-likeness (QED) is 0.218. The van der Waals surface area contributed by atoms with Crippen LogP contribution in [-0.4, -0.2) is 15.7 Å². The molecule has 0 spiro atoms. The van der Waals surface area contributed by atoms with Gasteiger partial charge in [0.1, 0.15) is 22.3 Å². The normalized spacial score (nSPS) is 10.5. The number of nitrogens with zero attached hydrogens (tertiary/aromatic N) is 2. The van der Waals surface area contributed by atoms with Gasteiger partial charge in [0.25, 0.3) is 2.75 Å². The van der Waals surface area contributed by atoms with E-state index in [1.54, 1.807) is 0 Å². The van der Waals surface area contributed by atoms with Gasteiger partial charge in [0.15, 0.2) is 0 Å². The van der Waals surface area contributed by atoms with Crippen molar-refractivity contribution in [2.24, 2.45) is 0 Å². The summed E-state index contributed by atoms with van der Waals surface area (Å²) in [4.78, 5) is 0. The van der Waals surface area contributed by atoms with E-state index in [1.807, 2.05) is 0 Å². The summed E-state index contributed by atoms with van der Waals surface area (Å²) in [5, 5.41) is 16.1. The van der Waals surface area contributed by atoms with E-state index in [0.717, 1.165) is 34.7 Å². The molecule has 0 aliphatic carbocycles. The predicted molar refractivity (Wildman–Crippen MR) is 37.7 cm³/mol. The van der Waals surface area contributed by atoms with Crippen molar-refractivity contribution in [3.05, 3.63) is 0 Å². The second kappa shape index (κ2) is 4.60. The SMILES string of the molecule is N#CC(I)(C#N)S(=O)(=O)[O-].[Na+]. The van der Waals surface area contributed by atoms with Crippen LogP contribution < -0.4 is 29.6 Å². The van der Waals surface area contributed by atoms with Crippen molar-refractivity contribution < 1.29 is 42.5 Å². The fourth-order valence-corrected chi connectivity index (χ4v) is 0.360. The zero-order valence-corrected chi connectivity index (χ0v) is 10.4. The molecule has 8 heteroatoms. The first-order valence-corrected chi connectivity index (χ1v) is 4.33. The van der Waals surface area contributed by atoms with E-state index in [4.69, 9.17) is 10.5 Å². The van der Waals surface area contributed by atoms with Crippen molar-refractivity contribution in [1.82, 2.24) is 0 Å². The molecule has 0 bridgehead atoms. The minimum absolute atomic E-state index is 0. The van der Waals surface area contributed by atoms with Crippen LogP contribution in [0.25, 0.3) is 0 Å². The van der Waals surface area contributed by atoms with Gasteiger partial charge in [-0.05, 0) is 22.6 Å². The maximum Gasteiger partial charge on any atom is 1.00 e. The van der Waals surface area contributed by atoms with E-state index in [2.05, 4.69) is 0 Å². The standard InChI is InChI=1S/C3HIN2O3S.Na/c4-3(1-5,2-6)10(7,8)9;/h(H,7,8,9);/q;+1/p-1. The van der Waals surface area contributed by atoms with E-state index < -0.39 is 12.9 Å². The third-order valence-electron chi connectivity index (χ3n) is 0.632. The first kappa shape index (κ1) is 14.2. The van der Waals surface area contributed by atoms with Crippen LogP contribution in [0.4, 0.5) is 0 Å². The van der Waals surface area contributed by atoms with Crippen molar-refractivity contribution in [2.45, 2.75) is 2.75 Å². The number of hydrogen-bond acceptors (Lipinski definition) is 5. The van der Waals surface area contributed by atoms with Crippen molar-refractivity contribution in [3.63, 3.8) is 0 Å². The van der Waals surface area contributed by atoms with E-state index in [1.165, 1.54) is 0 Å². The van der Waals surface area contributed by atoms with Gasteiger partial charge in [-0.2, -0.15) is 10.5 Å². The number of rotatable bonds is 1. The summed E-state index contributed by atoms with van der Waals surface area (Å²) in [5.41, 5.74) is 0. The molecular formula is C3IN2NaO3S. The molecule has 0 aromatic rings. The Bertz CT molecular complexity index is 298. The van der Waals surface area contributed by atoms with Crippen LogP contribution in [0.15, 0.2) is 0 Å². The minimum Gasteiger partial charge on any atom is -0.745 e. The number of hydrogen-bond donors (Lipinski definition) is 0. The monoisotopic (exact) mass is 294 g/mol. The molecule has 11 heavy (non-hydrogen) atoms. The van der Waals surface area contributed by atoms with E-state index in [9.17, 15) is 13.0 Å². The Kier molecular flexibility index (Phi) is 5.92. The largest absolute Gasteiger partial charge is 1.00 e. The molecule has 5 nitrogen and oxygen atoms in total. The third kappa shape index (κ3) is 3.23. The molecule has 0 aromatic carbocycles. The van der Waals surface area contributed by atoms with Crippen LogP contribution >= 0.6 is 22.6 Å². The summed E-state index contributed by atoms with van der Waals surface area (Å²) >= 11 is 0.987. The van der Waals surface area contributed by atoms with Crippen LogP contribution in [0.5, 0.6) is 0 Å². The fourth-order valence-electron chi connectivity index (χ4n) is 0.137. The van der Waals surface area contributed by atoms with Crippen LogP contribution in [0.3, 0.4) is 0 Å². The van der Waals surface area contributed by atoms with Gasteiger partial charge >= 0.3 is 29.6 Å². The van der Waals surface area contributed by atoms with E-state index in [0.29, 0.717) is 0 Å². The number of nitriles is 2. The Balaban J connectivity index is 0. The maximum atomic E-state index is 10.1. The summed E-state index contributed by atoms with van der Waals surface area (Å²) in [5.74, 6) is 0. The van der Waals surface area contributed by atoms with Crippen LogP contribution in [0.2, 0.25) is 0 Å². The molecule has 0 unspecified atom stereocenters. The average Bonchev–Trinajstić information content (AvgIpc) is 1.84. The topological polar surface area (TPSA) is 105 Å². The van der Waals surface area contributed by atoms with Crippen LogP contribution in [-0.2, 0) is 10.1 Å². The molecule has 0 atom stereocenters. The van der Waals surface area contributed by atoms with Gasteiger partial charge in [-0.1, -0.05) is 0 Å². The molecule has 0 amide bonds. The second-order valence-electron chi connectivity index (χ2n) is 1.27. The molecule has 0 fully saturated rings. The minimum atomic E-state index is -4.85. The zero-order chi connectivity index (χ0) is 8.41.